The third-order valence-corrected chi connectivity index (χ3v) is 3.06. The molecule has 2 rings (SSSR count). The number of aromatic nitrogens is 3. The van der Waals surface area contributed by atoms with Gasteiger partial charge in [-0.3, -0.25) is 0 Å². The molecule has 18 heavy (non-hydrogen) atoms. The van der Waals surface area contributed by atoms with Crippen LogP contribution in [0.5, 0.6) is 11.5 Å². The first kappa shape index (κ1) is 12.7. The van der Waals surface area contributed by atoms with Crippen molar-refractivity contribution in [3.05, 3.63) is 28.4 Å². The summed E-state index contributed by atoms with van der Waals surface area (Å²) in [5.74, 6) is 1.87. The number of methoxy groups -OCH3 is 2. The van der Waals surface area contributed by atoms with Crippen LogP contribution in [0, 0.1) is 0 Å². The Bertz CT molecular complexity index is 556. The average Bonchev–Trinajstić information content (AvgIpc) is 2.76. The zero-order valence-corrected chi connectivity index (χ0v) is 11.6. The van der Waals surface area contributed by atoms with E-state index in [1.165, 1.54) is 0 Å². The van der Waals surface area contributed by atoms with Crippen LogP contribution in [0.25, 0.3) is 0 Å². The predicted octanol–water partition coefficient (Wildman–Crippen LogP) is 1.69. The van der Waals surface area contributed by atoms with Crippen molar-refractivity contribution in [3.63, 3.8) is 0 Å². The van der Waals surface area contributed by atoms with Gasteiger partial charge in [0.1, 0.15) is 11.5 Å². The molecule has 1 aromatic carbocycles. The standard InChI is InChI=1S/C11H13BrN4O2/c1-17-9-4-8(12)10(18-2)3-7(9)5-16-6-11(13)14-15-16/h3-4,6H,5,13H2,1-2H3. The number of rotatable bonds is 4. The van der Waals surface area contributed by atoms with E-state index in [1.807, 2.05) is 12.1 Å². The van der Waals surface area contributed by atoms with Crippen LogP contribution in [-0.4, -0.2) is 29.2 Å². The summed E-state index contributed by atoms with van der Waals surface area (Å²) in [6, 6.07) is 3.75. The fraction of sp³-hybridized carbons (Fsp3) is 0.273. The van der Waals surface area contributed by atoms with Gasteiger partial charge in [0.2, 0.25) is 0 Å². The normalized spacial score (nSPS) is 10.4. The minimum absolute atomic E-state index is 0.387. The van der Waals surface area contributed by atoms with Crippen molar-refractivity contribution in [1.82, 2.24) is 15.0 Å². The van der Waals surface area contributed by atoms with Crippen LogP contribution in [0.3, 0.4) is 0 Å². The highest BCUT2D eigenvalue weighted by Crippen LogP contribution is 2.33. The van der Waals surface area contributed by atoms with E-state index in [-0.39, 0.29) is 0 Å². The second kappa shape index (κ2) is 5.26. The number of nitrogen functional groups attached to an aromatic ring is 1. The maximum Gasteiger partial charge on any atom is 0.165 e. The van der Waals surface area contributed by atoms with Crippen molar-refractivity contribution in [2.75, 3.05) is 20.0 Å². The van der Waals surface area contributed by atoms with Gasteiger partial charge in [-0.25, -0.2) is 4.68 Å². The third-order valence-electron chi connectivity index (χ3n) is 2.44. The molecule has 0 saturated heterocycles. The number of hydrogen-bond donors (Lipinski definition) is 1. The van der Waals surface area contributed by atoms with Gasteiger partial charge >= 0.3 is 0 Å². The molecule has 0 amide bonds. The summed E-state index contributed by atoms with van der Waals surface area (Å²) in [5, 5.41) is 7.64. The lowest BCUT2D eigenvalue weighted by Crippen LogP contribution is -2.03. The molecule has 0 radical (unpaired) electrons. The second-order valence-electron chi connectivity index (χ2n) is 3.64. The number of nitrogens with zero attached hydrogens (tertiary/aromatic N) is 3. The molecular weight excluding hydrogens is 300 g/mol. The molecule has 96 valence electrons. The van der Waals surface area contributed by atoms with Crippen LogP contribution in [-0.2, 0) is 6.54 Å². The molecule has 0 atom stereocenters. The maximum absolute atomic E-state index is 5.53. The van der Waals surface area contributed by atoms with E-state index in [0.717, 1.165) is 21.5 Å². The molecule has 0 bridgehead atoms. The fourth-order valence-corrected chi connectivity index (χ4v) is 2.10. The highest BCUT2D eigenvalue weighted by atomic mass is 79.9. The zero-order chi connectivity index (χ0) is 13.1. The van der Waals surface area contributed by atoms with Gasteiger partial charge in [-0.05, 0) is 28.1 Å². The van der Waals surface area contributed by atoms with Gasteiger partial charge in [0.25, 0.3) is 0 Å². The molecule has 2 aromatic rings. The molecule has 0 aliphatic carbocycles. The minimum Gasteiger partial charge on any atom is -0.496 e. The molecule has 2 N–H and O–H groups in total. The predicted molar refractivity (Wildman–Crippen MR) is 70.8 cm³/mol. The van der Waals surface area contributed by atoms with Crippen LogP contribution in [0.4, 0.5) is 5.82 Å². The number of ether oxygens (including phenoxy) is 2. The molecular formula is C11H13BrN4O2. The van der Waals surface area contributed by atoms with Crippen molar-refractivity contribution in [2.45, 2.75) is 6.54 Å². The summed E-state index contributed by atoms with van der Waals surface area (Å²) in [5.41, 5.74) is 6.46. The number of anilines is 1. The van der Waals surface area contributed by atoms with Crippen LogP contribution in [0.1, 0.15) is 5.56 Å². The van der Waals surface area contributed by atoms with Gasteiger partial charge in [-0.15, -0.1) is 5.10 Å². The maximum atomic E-state index is 5.53. The van der Waals surface area contributed by atoms with Crippen LogP contribution in [0.15, 0.2) is 22.8 Å². The Balaban J connectivity index is 2.36. The Morgan fingerprint density at radius 3 is 2.56 bits per heavy atom. The van der Waals surface area contributed by atoms with Gasteiger partial charge in [-0.2, -0.15) is 0 Å². The summed E-state index contributed by atoms with van der Waals surface area (Å²) in [7, 11) is 3.23. The van der Waals surface area contributed by atoms with E-state index < -0.39 is 0 Å². The topological polar surface area (TPSA) is 75.2 Å². The minimum atomic E-state index is 0.387. The Morgan fingerprint density at radius 2 is 2.00 bits per heavy atom. The number of halogens is 1. The summed E-state index contributed by atoms with van der Waals surface area (Å²) < 4.78 is 13.1. The van der Waals surface area contributed by atoms with Gasteiger partial charge in [0, 0.05) is 5.56 Å². The van der Waals surface area contributed by atoms with Crippen LogP contribution in [0.2, 0.25) is 0 Å². The van der Waals surface area contributed by atoms with Crippen molar-refractivity contribution < 1.29 is 9.47 Å². The van der Waals surface area contributed by atoms with E-state index in [0.29, 0.717) is 12.4 Å². The zero-order valence-electron chi connectivity index (χ0n) is 10.1. The lowest BCUT2D eigenvalue weighted by Gasteiger charge is -2.12. The summed E-state index contributed by atoms with van der Waals surface area (Å²) in [6.07, 6.45) is 1.66. The summed E-state index contributed by atoms with van der Waals surface area (Å²) >= 11 is 3.41. The SMILES string of the molecule is COc1cc(Cn2cc(N)nn2)c(OC)cc1Br. The van der Waals surface area contributed by atoms with Crippen molar-refractivity contribution in [3.8, 4) is 11.5 Å². The summed E-state index contributed by atoms with van der Waals surface area (Å²) in [4.78, 5) is 0. The molecule has 6 nitrogen and oxygen atoms in total. The first-order valence-corrected chi connectivity index (χ1v) is 5.99. The van der Waals surface area contributed by atoms with Gasteiger partial charge in [0.05, 0.1) is 31.4 Å². The van der Waals surface area contributed by atoms with Crippen molar-refractivity contribution in [1.29, 1.82) is 0 Å². The molecule has 0 unspecified atom stereocenters. The fourth-order valence-electron chi connectivity index (χ4n) is 1.61. The van der Waals surface area contributed by atoms with Gasteiger partial charge in [0.15, 0.2) is 5.82 Å². The van der Waals surface area contributed by atoms with Crippen LogP contribution < -0.4 is 15.2 Å². The van der Waals surface area contributed by atoms with Crippen molar-refractivity contribution >= 4 is 21.7 Å². The van der Waals surface area contributed by atoms with E-state index in [4.69, 9.17) is 15.2 Å². The Hall–Kier alpha value is -1.76. The van der Waals surface area contributed by atoms with E-state index in [1.54, 1.807) is 25.1 Å². The largest absolute Gasteiger partial charge is 0.496 e. The molecule has 0 aliphatic rings. The first-order valence-electron chi connectivity index (χ1n) is 5.20. The Morgan fingerprint density at radius 1 is 1.28 bits per heavy atom. The molecule has 0 saturated carbocycles. The van der Waals surface area contributed by atoms with Gasteiger partial charge in [-0.1, -0.05) is 5.21 Å². The Kier molecular flexibility index (Phi) is 3.71. The lowest BCUT2D eigenvalue weighted by molar-refractivity contribution is 0.394. The van der Waals surface area contributed by atoms with Crippen molar-refractivity contribution in [2.24, 2.45) is 0 Å². The molecule has 0 aliphatic heterocycles. The highest BCUT2D eigenvalue weighted by molar-refractivity contribution is 9.10. The smallest absolute Gasteiger partial charge is 0.165 e. The van der Waals surface area contributed by atoms with E-state index in [9.17, 15) is 0 Å². The third kappa shape index (κ3) is 2.56. The Labute approximate surface area is 113 Å². The molecule has 1 aromatic heterocycles. The van der Waals surface area contributed by atoms with Gasteiger partial charge < -0.3 is 15.2 Å². The molecule has 7 heteroatoms. The second-order valence-corrected chi connectivity index (χ2v) is 4.49. The lowest BCUT2D eigenvalue weighted by atomic mass is 10.2. The number of hydrogen-bond acceptors (Lipinski definition) is 5. The van der Waals surface area contributed by atoms with Crippen LogP contribution >= 0.6 is 15.9 Å². The molecule has 0 spiro atoms. The number of nitrogens with two attached hydrogens (primary N) is 1. The van der Waals surface area contributed by atoms with E-state index >= 15 is 0 Å². The molecule has 0 fully saturated rings. The monoisotopic (exact) mass is 312 g/mol. The van der Waals surface area contributed by atoms with E-state index in [2.05, 4.69) is 26.2 Å². The highest BCUT2D eigenvalue weighted by Gasteiger charge is 2.10. The molecule has 1 heterocycles. The quantitative estimate of drug-likeness (QED) is 0.929. The first-order chi connectivity index (χ1) is 8.63. The average molecular weight is 313 g/mol. The number of benzene rings is 1. The summed E-state index contributed by atoms with van der Waals surface area (Å²) in [6.45, 7) is 0.511.